The number of carbonyl (C=O) groups is 1. The van der Waals surface area contributed by atoms with Crippen molar-refractivity contribution in [3.63, 3.8) is 0 Å². The highest BCUT2D eigenvalue weighted by molar-refractivity contribution is 5.75. The van der Waals surface area contributed by atoms with Crippen LogP contribution in [0.5, 0.6) is 0 Å². The maximum Gasteiger partial charge on any atom is 0.315 e. The van der Waals surface area contributed by atoms with Gasteiger partial charge in [-0.3, -0.25) is 0 Å². The van der Waals surface area contributed by atoms with Crippen molar-refractivity contribution in [2.75, 3.05) is 0 Å². The van der Waals surface area contributed by atoms with Crippen LogP contribution >= 0.6 is 0 Å². The Labute approximate surface area is 102 Å². The molecule has 0 saturated heterocycles. The van der Waals surface area contributed by atoms with Crippen molar-refractivity contribution in [3.05, 3.63) is 35.4 Å². The van der Waals surface area contributed by atoms with Crippen LogP contribution in [-0.4, -0.2) is 18.1 Å². The summed E-state index contributed by atoms with van der Waals surface area (Å²) in [6.07, 6.45) is 0.822. The highest BCUT2D eigenvalue weighted by atomic mass is 16.2. The largest absolute Gasteiger partial charge is 0.336 e. The fraction of sp³-hybridized carbons (Fsp3) is 0.462. The summed E-state index contributed by atoms with van der Waals surface area (Å²) in [6, 6.07) is 7.93. The SMILES string of the molecule is CC(C)NC(=O)NC1c2ccccc2CC1N. The van der Waals surface area contributed by atoms with Gasteiger partial charge in [0.1, 0.15) is 0 Å². The zero-order valence-corrected chi connectivity index (χ0v) is 10.2. The van der Waals surface area contributed by atoms with Crippen LogP contribution in [0.15, 0.2) is 24.3 Å². The molecule has 1 aromatic rings. The molecule has 2 atom stereocenters. The molecule has 2 unspecified atom stereocenters. The van der Waals surface area contributed by atoms with Gasteiger partial charge >= 0.3 is 6.03 Å². The molecule has 1 aromatic carbocycles. The molecular formula is C13H19N3O. The molecule has 92 valence electrons. The normalized spacial score (nSPS) is 22.4. The van der Waals surface area contributed by atoms with E-state index in [0.29, 0.717) is 0 Å². The lowest BCUT2D eigenvalue weighted by atomic mass is 10.1. The fourth-order valence-electron chi connectivity index (χ4n) is 2.26. The monoisotopic (exact) mass is 233 g/mol. The second-order valence-electron chi connectivity index (χ2n) is 4.82. The van der Waals surface area contributed by atoms with Gasteiger partial charge in [-0.25, -0.2) is 4.79 Å². The van der Waals surface area contributed by atoms with Crippen LogP contribution in [0.25, 0.3) is 0 Å². The molecule has 4 heteroatoms. The second kappa shape index (κ2) is 4.75. The number of carbonyl (C=O) groups excluding carboxylic acids is 1. The summed E-state index contributed by atoms with van der Waals surface area (Å²) in [7, 11) is 0. The fourth-order valence-corrected chi connectivity index (χ4v) is 2.26. The van der Waals surface area contributed by atoms with Gasteiger partial charge in [0.05, 0.1) is 6.04 Å². The minimum Gasteiger partial charge on any atom is -0.336 e. The summed E-state index contributed by atoms with van der Waals surface area (Å²) >= 11 is 0. The molecule has 4 N–H and O–H groups in total. The van der Waals surface area contributed by atoms with Crippen molar-refractivity contribution in [1.29, 1.82) is 0 Å². The first kappa shape index (κ1) is 11.9. The van der Waals surface area contributed by atoms with E-state index in [2.05, 4.69) is 16.7 Å². The molecule has 0 aromatic heterocycles. The Hall–Kier alpha value is -1.55. The van der Waals surface area contributed by atoms with E-state index < -0.39 is 0 Å². The molecule has 4 nitrogen and oxygen atoms in total. The van der Waals surface area contributed by atoms with Gasteiger partial charge in [-0.2, -0.15) is 0 Å². The van der Waals surface area contributed by atoms with Crippen LogP contribution in [0.4, 0.5) is 4.79 Å². The second-order valence-corrected chi connectivity index (χ2v) is 4.82. The summed E-state index contributed by atoms with van der Waals surface area (Å²) in [5, 5.41) is 5.76. The van der Waals surface area contributed by atoms with E-state index in [9.17, 15) is 4.79 Å². The smallest absolute Gasteiger partial charge is 0.315 e. The van der Waals surface area contributed by atoms with E-state index in [-0.39, 0.29) is 24.2 Å². The van der Waals surface area contributed by atoms with E-state index >= 15 is 0 Å². The lowest BCUT2D eigenvalue weighted by molar-refractivity contribution is 0.233. The van der Waals surface area contributed by atoms with E-state index in [1.165, 1.54) is 5.56 Å². The minimum atomic E-state index is -0.155. The van der Waals surface area contributed by atoms with Crippen LogP contribution in [0.3, 0.4) is 0 Å². The highest BCUT2D eigenvalue weighted by Crippen LogP contribution is 2.29. The van der Waals surface area contributed by atoms with E-state index in [0.717, 1.165) is 12.0 Å². The predicted molar refractivity (Wildman–Crippen MR) is 67.7 cm³/mol. The Kier molecular flexibility index (Phi) is 3.33. The number of hydrogen-bond acceptors (Lipinski definition) is 2. The first-order valence-corrected chi connectivity index (χ1v) is 5.98. The number of benzene rings is 1. The number of nitrogens with two attached hydrogens (primary N) is 1. The van der Waals surface area contributed by atoms with E-state index in [4.69, 9.17) is 5.73 Å². The van der Waals surface area contributed by atoms with Gasteiger partial charge in [-0.05, 0) is 31.4 Å². The molecule has 0 radical (unpaired) electrons. The Morgan fingerprint density at radius 3 is 2.82 bits per heavy atom. The molecule has 0 bridgehead atoms. The maximum absolute atomic E-state index is 11.7. The van der Waals surface area contributed by atoms with Crippen molar-refractivity contribution in [3.8, 4) is 0 Å². The molecule has 0 spiro atoms. The first-order chi connectivity index (χ1) is 8.08. The number of rotatable bonds is 2. The van der Waals surface area contributed by atoms with Gasteiger partial charge in [-0.15, -0.1) is 0 Å². The number of nitrogens with one attached hydrogen (secondary N) is 2. The van der Waals surface area contributed by atoms with Crippen LogP contribution < -0.4 is 16.4 Å². The third-order valence-corrected chi connectivity index (χ3v) is 2.98. The number of amides is 2. The topological polar surface area (TPSA) is 67.2 Å². The van der Waals surface area contributed by atoms with Crippen molar-refractivity contribution in [2.45, 2.75) is 38.4 Å². The predicted octanol–water partition coefficient (Wildman–Crippen LogP) is 1.32. The standard InChI is InChI=1S/C13H19N3O/c1-8(2)15-13(17)16-12-10-6-4-3-5-9(10)7-11(12)14/h3-6,8,11-12H,7,14H2,1-2H3,(H2,15,16,17). The maximum atomic E-state index is 11.7. The lowest BCUT2D eigenvalue weighted by Crippen LogP contribution is -2.45. The summed E-state index contributed by atoms with van der Waals surface area (Å²) < 4.78 is 0. The quantitative estimate of drug-likeness (QED) is 0.721. The van der Waals surface area contributed by atoms with Crippen LogP contribution in [0.2, 0.25) is 0 Å². The van der Waals surface area contributed by atoms with Crippen molar-refractivity contribution in [2.24, 2.45) is 5.73 Å². The average Bonchev–Trinajstić information content (AvgIpc) is 2.55. The first-order valence-electron chi connectivity index (χ1n) is 5.98. The Bertz CT molecular complexity index is 417. The van der Waals surface area contributed by atoms with Crippen LogP contribution in [-0.2, 0) is 6.42 Å². The van der Waals surface area contributed by atoms with E-state index in [1.54, 1.807) is 0 Å². The van der Waals surface area contributed by atoms with Crippen molar-refractivity contribution >= 4 is 6.03 Å². The minimum absolute atomic E-state index is 0.0367. The number of urea groups is 1. The van der Waals surface area contributed by atoms with Crippen LogP contribution in [0, 0.1) is 0 Å². The third kappa shape index (κ3) is 2.58. The zero-order chi connectivity index (χ0) is 12.4. The Balaban J connectivity index is 2.09. The summed E-state index contributed by atoms with van der Waals surface area (Å²) in [4.78, 5) is 11.7. The van der Waals surface area contributed by atoms with Gasteiger partial charge in [0, 0.05) is 12.1 Å². The molecule has 2 rings (SSSR count). The van der Waals surface area contributed by atoms with Gasteiger partial charge in [0.25, 0.3) is 0 Å². The molecule has 0 aliphatic heterocycles. The average molecular weight is 233 g/mol. The van der Waals surface area contributed by atoms with Gasteiger partial charge in [0.15, 0.2) is 0 Å². The van der Waals surface area contributed by atoms with Crippen molar-refractivity contribution < 1.29 is 4.79 Å². The molecule has 2 amide bonds. The highest BCUT2D eigenvalue weighted by Gasteiger charge is 2.30. The molecule has 0 fully saturated rings. The lowest BCUT2D eigenvalue weighted by Gasteiger charge is -2.20. The Morgan fingerprint density at radius 1 is 1.41 bits per heavy atom. The van der Waals surface area contributed by atoms with Gasteiger partial charge in [-0.1, -0.05) is 24.3 Å². The third-order valence-electron chi connectivity index (χ3n) is 2.98. The molecule has 17 heavy (non-hydrogen) atoms. The summed E-state index contributed by atoms with van der Waals surface area (Å²) in [5.74, 6) is 0. The van der Waals surface area contributed by atoms with Crippen LogP contribution in [0.1, 0.15) is 31.0 Å². The molecule has 0 saturated carbocycles. The molecular weight excluding hydrogens is 214 g/mol. The molecule has 0 heterocycles. The molecule has 1 aliphatic rings. The summed E-state index contributed by atoms with van der Waals surface area (Å²) in [5.41, 5.74) is 8.44. The number of hydrogen-bond donors (Lipinski definition) is 3. The summed E-state index contributed by atoms with van der Waals surface area (Å²) in [6.45, 7) is 3.87. The van der Waals surface area contributed by atoms with Gasteiger partial charge < -0.3 is 16.4 Å². The molecule has 1 aliphatic carbocycles. The van der Waals surface area contributed by atoms with Crippen molar-refractivity contribution in [1.82, 2.24) is 10.6 Å². The van der Waals surface area contributed by atoms with E-state index in [1.807, 2.05) is 32.0 Å². The zero-order valence-electron chi connectivity index (χ0n) is 10.2. The Morgan fingerprint density at radius 2 is 2.12 bits per heavy atom. The number of fused-ring (bicyclic) bond motifs is 1. The van der Waals surface area contributed by atoms with Gasteiger partial charge in [0.2, 0.25) is 0 Å².